The number of nitrogens with one attached hydrogen (secondary N) is 1. The van der Waals surface area contributed by atoms with Gasteiger partial charge in [0.25, 0.3) is 0 Å². The first-order valence-electron chi connectivity index (χ1n) is 6.97. The van der Waals surface area contributed by atoms with Crippen LogP contribution < -0.4 is 5.32 Å². The molecule has 0 aliphatic heterocycles. The lowest BCUT2D eigenvalue weighted by atomic mass is 9.76. The van der Waals surface area contributed by atoms with Crippen LogP contribution >= 0.6 is 0 Å². The van der Waals surface area contributed by atoms with Crippen LogP contribution in [0.4, 0.5) is 0 Å². The lowest BCUT2D eigenvalue weighted by molar-refractivity contribution is 0.213. The van der Waals surface area contributed by atoms with E-state index in [0.717, 1.165) is 11.8 Å². The Balaban J connectivity index is 2.12. The summed E-state index contributed by atoms with van der Waals surface area (Å²) in [6.07, 6.45) is 10.2. The lowest BCUT2D eigenvalue weighted by Crippen LogP contribution is -2.25. The third kappa shape index (κ3) is 5.01. The average Bonchev–Trinajstić information content (AvgIpc) is 2.24. The molecule has 2 unspecified atom stereocenters. The normalized spacial score (nSPS) is 27.2. The van der Waals surface area contributed by atoms with Crippen LogP contribution in [-0.4, -0.2) is 12.6 Å². The van der Waals surface area contributed by atoms with Crippen molar-refractivity contribution in [2.24, 2.45) is 11.8 Å². The van der Waals surface area contributed by atoms with Gasteiger partial charge in [-0.05, 0) is 31.2 Å². The fraction of sp³-hybridized carbons (Fsp3) is 1.00. The third-order valence-corrected chi connectivity index (χ3v) is 3.90. The molecule has 1 fully saturated rings. The molecule has 1 nitrogen and oxygen atoms in total. The first-order chi connectivity index (χ1) is 7.24. The highest BCUT2D eigenvalue weighted by atomic mass is 14.9. The quantitative estimate of drug-likeness (QED) is 0.655. The molecular weight excluding hydrogens is 182 g/mol. The van der Waals surface area contributed by atoms with Gasteiger partial charge in [-0.25, -0.2) is 0 Å². The highest BCUT2D eigenvalue weighted by Crippen LogP contribution is 2.34. The second kappa shape index (κ2) is 7.27. The second-order valence-corrected chi connectivity index (χ2v) is 5.46. The van der Waals surface area contributed by atoms with Crippen molar-refractivity contribution >= 4 is 0 Å². The van der Waals surface area contributed by atoms with Gasteiger partial charge >= 0.3 is 0 Å². The van der Waals surface area contributed by atoms with Gasteiger partial charge in [-0.1, -0.05) is 52.9 Å². The SMILES string of the molecule is CCC1CCCCC1CCCNC(C)C. The minimum atomic E-state index is 0.651. The summed E-state index contributed by atoms with van der Waals surface area (Å²) in [6.45, 7) is 8.05. The minimum absolute atomic E-state index is 0.651. The summed E-state index contributed by atoms with van der Waals surface area (Å²) in [6, 6.07) is 0.651. The Morgan fingerprint density at radius 3 is 2.40 bits per heavy atom. The summed E-state index contributed by atoms with van der Waals surface area (Å²) in [4.78, 5) is 0. The third-order valence-electron chi connectivity index (χ3n) is 3.90. The molecule has 0 amide bonds. The van der Waals surface area contributed by atoms with E-state index in [-0.39, 0.29) is 0 Å². The van der Waals surface area contributed by atoms with E-state index in [4.69, 9.17) is 0 Å². The van der Waals surface area contributed by atoms with Crippen molar-refractivity contribution in [3.63, 3.8) is 0 Å². The Bertz CT molecular complexity index is 153. The van der Waals surface area contributed by atoms with Crippen molar-refractivity contribution in [1.82, 2.24) is 5.32 Å². The minimum Gasteiger partial charge on any atom is -0.315 e. The lowest BCUT2D eigenvalue weighted by Gasteiger charge is -2.31. The molecule has 1 N–H and O–H groups in total. The van der Waals surface area contributed by atoms with E-state index in [1.807, 2.05) is 0 Å². The van der Waals surface area contributed by atoms with Gasteiger partial charge in [0.15, 0.2) is 0 Å². The van der Waals surface area contributed by atoms with Gasteiger partial charge in [-0.3, -0.25) is 0 Å². The van der Waals surface area contributed by atoms with Crippen molar-refractivity contribution in [2.75, 3.05) is 6.54 Å². The van der Waals surface area contributed by atoms with Crippen molar-refractivity contribution in [2.45, 2.75) is 71.8 Å². The Hall–Kier alpha value is -0.0400. The molecular formula is C14H29N. The van der Waals surface area contributed by atoms with Crippen LogP contribution in [0.25, 0.3) is 0 Å². The molecule has 1 aliphatic carbocycles. The van der Waals surface area contributed by atoms with Gasteiger partial charge in [0.2, 0.25) is 0 Å². The summed E-state index contributed by atoms with van der Waals surface area (Å²) in [5.41, 5.74) is 0. The van der Waals surface area contributed by atoms with Crippen LogP contribution in [0, 0.1) is 11.8 Å². The summed E-state index contributed by atoms with van der Waals surface area (Å²) >= 11 is 0. The monoisotopic (exact) mass is 211 g/mol. The molecule has 0 spiro atoms. The van der Waals surface area contributed by atoms with Crippen LogP contribution in [0.15, 0.2) is 0 Å². The molecule has 90 valence electrons. The molecule has 1 rings (SSSR count). The highest BCUT2D eigenvalue weighted by Gasteiger charge is 2.22. The van der Waals surface area contributed by atoms with Gasteiger partial charge in [-0.15, -0.1) is 0 Å². The van der Waals surface area contributed by atoms with Crippen LogP contribution in [0.1, 0.15) is 65.7 Å². The standard InChI is InChI=1S/C14H29N/c1-4-13-8-5-6-9-14(13)10-7-11-15-12(2)3/h12-15H,4-11H2,1-3H3. The zero-order valence-corrected chi connectivity index (χ0v) is 10.9. The zero-order valence-electron chi connectivity index (χ0n) is 10.9. The predicted octanol–water partition coefficient (Wildman–Crippen LogP) is 3.98. The smallest absolute Gasteiger partial charge is 0.00103 e. The molecule has 0 bridgehead atoms. The molecule has 1 saturated carbocycles. The van der Waals surface area contributed by atoms with Gasteiger partial charge in [0.1, 0.15) is 0 Å². The molecule has 0 saturated heterocycles. The first kappa shape index (κ1) is 13.0. The van der Waals surface area contributed by atoms with Gasteiger partial charge < -0.3 is 5.32 Å². The zero-order chi connectivity index (χ0) is 11.1. The highest BCUT2D eigenvalue weighted by molar-refractivity contribution is 4.74. The molecule has 1 heteroatoms. The van der Waals surface area contributed by atoms with E-state index in [1.54, 1.807) is 0 Å². The van der Waals surface area contributed by atoms with E-state index in [2.05, 4.69) is 26.1 Å². The fourth-order valence-corrected chi connectivity index (χ4v) is 2.96. The van der Waals surface area contributed by atoms with Crippen molar-refractivity contribution in [1.29, 1.82) is 0 Å². The van der Waals surface area contributed by atoms with Crippen LogP contribution in [0.5, 0.6) is 0 Å². The maximum Gasteiger partial charge on any atom is 0.00103 e. The van der Waals surface area contributed by atoms with E-state index < -0.39 is 0 Å². The number of hydrogen-bond acceptors (Lipinski definition) is 1. The average molecular weight is 211 g/mol. The maximum atomic E-state index is 3.52. The summed E-state index contributed by atoms with van der Waals surface area (Å²) < 4.78 is 0. The molecule has 1 aliphatic rings. The Morgan fingerprint density at radius 2 is 1.80 bits per heavy atom. The summed E-state index contributed by atoms with van der Waals surface area (Å²) in [7, 11) is 0. The number of rotatable bonds is 6. The van der Waals surface area contributed by atoms with Gasteiger partial charge in [0.05, 0.1) is 0 Å². The molecule has 2 atom stereocenters. The van der Waals surface area contributed by atoms with Gasteiger partial charge in [-0.2, -0.15) is 0 Å². The molecule has 0 aromatic rings. The Morgan fingerprint density at radius 1 is 1.13 bits per heavy atom. The second-order valence-electron chi connectivity index (χ2n) is 5.46. The maximum absolute atomic E-state index is 3.52. The molecule has 15 heavy (non-hydrogen) atoms. The molecule has 0 radical (unpaired) electrons. The Labute approximate surface area is 96.0 Å². The van der Waals surface area contributed by atoms with Crippen LogP contribution in [0.2, 0.25) is 0 Å². The Kier molecular flexibility index (Phi) is 6.31. The van der Waals surface area contributed by atoms with E-state index in [0.29, 0.717) is 6.04 Å². The molecule has 0 aromatic heterocycles. The van der Waals surface area contributed by atoms with Crippen LogP contribution in [0.3, 0.4) is 0 Å². The fourth-order valence-electron chi connectivity index (χ4n) is 2.96. The predicted molar refractivity (Wildman–Crippen MR) is 68.1 cm³/mol. The summed E-state index contributed by atoms with van der Waals surface area (Å²) in [5.74, 6) is 2.08. The molecule has 0 heterocycles. The summed E-state index contributed by atoms with van der Waals surface area (Å²) in [5, 5.41) is 3.52. The van der Waals surface area contributed by atoms with Crippen molar-refractivity contribution < 1.29 is 0 Å². The van der Waals surface area contributed by atoms with Crippen molar-refractivity contribution in [3.05, 3.63) is 0 Å². The first-order valence-corrected chi connectivity index (χ1v) is 6.97. The van der Waals surface area contributed by atoms with E-state index >= 15 is 0 Å². The van der Waals surface area contributed by atoms with Gasteiger partial charge in [0, 0.05) is 6.04 Å². The van der Waals surface area contributed by atoms with E-state index in [1.165, 1.54) is 51.5 Å². The molecule has 0 aromatic carbocycles. The number of hydrogen-bond donors (Lipinski definition) is 1. The van der Waals surface area contributed by atoms with E-state index in [9.17, 15) is 0 Å². The largest absolute Gasteiger partial charge is 0.315 e. The van der Waals surface area contributed by atoms with Crippen LogP contribution in [-0.2, 0) is 0 Å². The van der Waals surface area contributed by atoms with Crippen molar-refractivity contribution in [3.8, 4) is 0 Å². The topological polar surface area (TPSA) is 12.0 Å².